The summed E-state index contributed by atoms with van der Waals surface area (Å²) in [6.45, 7) is 0.452. The summed E-state index contributed by atoms with van der Waals surface area (Å²) in [6, 6.07) is 15.0. The number of hydrogen-bond donors (Lipinski definition) is 2. The summed E-state index contributed by atoms with van der Waals surface area (Å²) < 4.78 is 10.4. The van der Waals surface area contributed by atoms with E-state index in [-0.39, 0.29) is 6.61 Å². The Morgan fingerprint density at radius 1 is 1.17 bits per heavy atom. The number of benzene rings is 2. The van der Waals surface area contributed by atoms with Gasteiger partial charge in [0.2, 0.25) is 0 Å². The minimum Gasteiger partial charge on any atom is -0.497 e. The Morgan fingerprint density at radius 3 is 2.74 bits per heavy atom. The first-order valence-corrected chi connectivity index (χ1v) is 7.19. The van der Waals surface area contributed by atoms with Gasteiger partial charge in [-0.05, 0) is 42.0 Å². The molecule has 0 amide bonds. The number of nitrogens with zero attached hydrogens (tertiary/aromatic N) is 2. The molecule has 0 spiro atoms. The van der Waals surface area contributed by atoms with Gasteiger partial charge in [-0.2, -0.15) is 4.98 Å². The van der Waals surface area contributed by atoms with Crippen molar-refractivity contribution in [2.75, 3.05) is 12.4 Å². The lowest BCUT2D eigenvalue weighted by atomic mass is 10.2. The maximum Gasteiger partial charge on any atom is 0.257 e. The second-order valence-corrected chi connectivity index (χ2v) is 4.96. The molecule has 6 heteroatoms. The van der Waals surface area contributed by atoms with Crippen LogP contribution in [0.4, 0.5) is 5.69 Å². The van der Waals surface area contributed by atoms with Gasteiger partial charge in [0.25, 0.3) is 5.89 Å². The Hall–Kier alpha value is -2.86. The number of ether oxygens (including phenoxy) is 1. The average molecular weight is 311 g/mol. The molecule has 1 heterocycles. The third kappa shape index (κ3) is 3.67. The first-order valence-electron chi connectivity index (χ1n) is 7.19. The van der Waals surface area contributed by atoms with Gasteiger partial charge in [0.15, 0.2) is 5.82 Å². The molecule has 0 aliphatic heterocycles. The molecule has 1 aromatic heterocycles. The maximum atomic E-state index is 9.14. The predicted octanol–water partition coefficient (Wildman–Crippen LogP) is 2.85. The lowest BCUT2D eigenvalue weighted by molar-refractivity contribution is 0.282. The first kappa shape index (κ1) is 15.1. The van der Waals surface area contributed by atoms with E-state index in [1.165, 1.54) is 0 Å². The molecule has 0 aliphatic rings. The molecule has 0 fully saturated rings. The minimum absolute atomic E-state index is 0.0132. The summed E-state index contributed by atoms with van der Waals surface area (Å²) in [5, 5.41) is 16.3. The minimum atomic E-state index is 0.0132. The molecule has 0 aliphatic carbocycles. The van der Waals surface area contributed by atoms with Crippen LogP contribution in [0.1, 0.15) is 11.4 Å². The molecule has 118 valence electrons. The predicted molar refractivity (Wildman–Crippen MR) is 86.0 cm³/mol. The highest BCUT2D eigenvalue weighted by Crippen LogP contribution is 2.21. The summed E-state index contributed by atoms with van der Waals surface area (Å²) in [6.07, 6.45) is 0. The zero-order chi connectivity index (χ0) is 16.1. The summed E-state index contributed by atoms with van der Waals surface area (Å²) >= 11 is 0. The van der Waals surface area contributed by atoms with Crippen LogP contribution in [0, 0.1) is 0 Å². The highest BCUT2D eigenvalue weighted by Gasteiger charge is 2.09. The van der Waals surface area contributed by atoms with Crippen LogP contribution in [-0.2, 0) is 13.2 Å². The van der Waals surface area contributed by atoms with Crippen LogP contribution < -0.4 is 10.1 Å². The topological polar surface area (TPSA) is 80.4 Å². The van der Waals surface area contributed by atoms with Gasteiger partial charge in [-0.25, -0.2) is 0 Å². The van der Waals surface area contributed by atoms with Crippen molar-refractivity contribution in [2.24, 2.45) is 0 Å². The Morgan fingerprint density at radius 2 is 2.00 bits per heavy atom. The number of aliphatic hydroxyl groups is 1. The summed E-state index contributed by atoms with van der Waals surface area (Å²) in [5.41, 5.74) is 2.58. The third-order valence-electron chi connectivity index (χ3n) is 3.37. The van der Waals surface area contributed by atoms with E-state index in [9.17, 15) is 0 Å². The van der Waals surface area contributed by atoms with E-state index >= 15 is 0 Å². The van der Waals surface area contributed by atoms with Crippen LogP contribution in [0.15, 0.2) is 53.1 Å². The Balaban J connectivity index is 1.66. The van der Waals surface area contributed by atoms with Crippen LogP contribution in [0.25, 0.3) is 11.5 Å². The largest absolute Gasteiger partial charge is 0.497 e. The molecule has 0 unspecified atom stereocenters. The summed E-state index contributed by atoms with van der Waals surface area (Å²) in [5.74, 6) is 1.80. The normalized spacial score (nSPS) is 10.5. The van der Waals surface area contributed by atoms with Gasteiger partial charge in [0, 0.05) is 11.3 Å². The van der Waals surface area contributed by atoms with Crippen LogP contribution >= 0.6 is 0 Å². The second kappa shape index (κ2) is 6.93. The highest BCUT2D eigenvalue weighted by atomic mass is 16.5. The number of aromatic nitrogens is 2. The smallest absolute Gasteiger partial charge is 0.257 e. The standard InChI is InChI=1S/C17H17N3O3/c1-22-15-7-5-13(6-8-15)17-19-16(20-23-17)10-18-14-4-2-3-12(9-14)11-21/h2-9,18,21H,10-11H2,1H3. The molecule has 0 atom stereocenters. The van der Waals surface area contributed by atoms with E-state index in [1.54, 1.807) is 7.11 Å². The van der Waals surface area contributed by atoms with Crippen molar-refractivity contribution in [2.45, 2.75) is 13.2 Å². The molecule has 2 aromatic carbocycles. The molecule has 0 bridgehead atoms. The van der Waals surface area contributed by atoms with Crippen LogP contribution in [0.5, 0.6) is 5.75 Å². The molecule has 3 rings (SSSR count). The molecule has 6 nitrogen and oxygen atoms in total. The van der Waals surface area contributed by atoms with E-state index in [1.807, 2.05) is 48.5 Å². The lowest BCUT2D eigenvalue weighted by Crippen LogP contribution is -2.01. The van der Waals surface area contributed by atoms with E-state index in [4.69, 9.17) is 14.4 Å². The Labute approximate surface area is 133 Å². The van der Waals surface area contributed by atoms with Crippen molar-refractivity contribution < 1.29 is 14.4 Å². The zero-order valence-electron chi connectivity index (χ0n) is 12.7. The Kier molecular flexibility index (Phi) is 4.54. The number of anilines is 1. The number of nitrogens with one attached hydrogen (secondary N) is 1. The van der Waals surface area contributed by atoms with Gasteiger partial charge in [0.05, 0.1) is 20.3 Å². The molecule has 3 aromatic rings. The van der Waals surface area contributed by atoms with Crippen molar-refractivity contribution >= 4 is 5.69 Å². The van der Waals surface area contributed by atoms with E-state index in [0.29, 0.717) is 18.3 Å². The van der Waals surface area contributed by atoms with Gasteiger partial charge >= 0.3 is 0 Å². The van der Waals surface area contributed by atoms with Gasteiger partial charge < -0.3 is 19.7 Å². The average Bonchev–Trinajstić information content (AvgIpc) is 3.09. The first-order chi connectivity index (χ1) is 11.3. The van der Waals surface area contributed by atoms with Gasteiger partial charge in [0.1, 0.15) is 5.75 Å². The quantitative estimate of drug-likeness (QED) is 0.728. The number of rotatable bonds is 6. The van der Waals surface area contributed by atoms with Crippen molar-refractivity contribution in [1.82, 2.24) is 10.1 Å². The van der Waals surface area contributed by atoms with Crippen molar-refractivity contribution in [3.05, 3.63) is 59.9 Å². The van der Waals surface area contributed by atoms with Gasteiger partial charge in [-0.3, -0.25) is 0 Å². The number of aliphatic hydroxyl groups excluding tert-OH is 1. The van der Waals surface area contributed by atoms with E-state index < -0.39 is 0 Å². The third-order valence-corrected chi connectivity index (χ3v) is 3.37. The highest BCUT2D eigenvalue weighted by molar-refractivity contribution is 5.54. The fourth-order valence-corrected chi connectivity index (χ4v) is 2.14. The molecule has 23 heavy (non-hydrogen) atoms. The molecule has 0 radical (unpaired) electrons. The van der Waals surface area contributed by atoms with Crippen LogP contribution in [0.2, 0.25) is 0 Å². The van der Waals surface area contributed by atoms with Crippen molar-refractivity contribution in [3.63, 3.8) is 0 Å². The monoisotopic (exact) mass is 311 g/mol. The van der Waals surface area contributed by atoms with E-state index in [2.05, 4.69) is 15.5 Å². The van der Waals surface area contributed by atoms with Crippen molar-refractivity contribution in [1.29, 1.82) is 0 Å². The number of hydrogen-bond acceptors (Lipinski definition) is 6. The number of methoxy groups -OCH3 is 1. The fourth-order valence-electron chi connectivity index (χ4n) is 2.14. The molecule has 0 saturated heterocycles. The summed E-state index contributed by atoms with van der Waals surface area (Å²) in [4.78, 5) is 4.36. The molecule has 2 N–H and O–H groups in total. The zero-order valence-corrected chi connectivity index (χ0v) is 12.7. The second-order valence-electron chi connectivity index (χ2n) is 4.96. The SMILES string of the molecule is COc1ccc(-c2nc(CNc3cccc(CO)c3)no2)cc1. The van der Waals surface area contributed by atoms with Crippen LogP contribution in [0.3, 0.4) is 0 Å². The lowest BCUT2D eigenvalue weighted by Gasteiger charge is -2.04. The summed E-state index contributed by atoms with van der Waals surface area (Å²) in [7, 11) is 1.62. The van der Waals surface area contributed by atoms with Gasteiger partial charge in [-0.1, -0.05) is 17.3 Å². The molecular weight excluding hydrogens is 294 g/mol. The molecule has 0 saturated carbocycles. The van der Waals surface area contributed by atoms with E-state index in [0.717, 1.165) is 22.6 Å². The van der Waals surface area contributed by atoms with Gasteiger partial charge in [-0.15, -0.1) is 0 Å². The van der Waals surface area contributed by atoms with Crippen molar-refractivity contribution in [3.8, 4) is 17.2 Å². The molecular formula is C17H17N3O3. The Bertz CT molecular complexity index is 769. The maximum absolute atomic E-state index is 9.14. The van der Waals surface area contributed by atoms with Crippen LogP contribution in [-0.4, -0.2) is 22.4 Å². The fraction of sp³-hybridized carbons (Fsp3) is 0.176.